The maximum atomic E-state index is 6.11. The third-order valence-electron chi connectivity index (χ3n) is 5.87. The van der Waals surface area contributed by atoms with Gasteiger partial charge < -0.3 is 5.73 Å². The number of rotatable bonds is 5. The lowest BCUT2D eigenvalue weighted by Crippen LogP contribution is -2.23. The number of nitrogens with zero attached hydrogens (tertiary/aromatic N) is 3. The number of aryl methyl sites for hydroxylation is 1. The van der Waals surface area contributed by atoms with E-state index in [2.05, 4.69) is 78.0 Å². The molecule has 27 heavy (non-hydrogen) atoms. The second-order valence-electron chi connectivity index (χ2n) is 7.60. The number of nitrogens with two attached hydrogens (primary N) is 1. The standard InChI is InChI=1S/C23H28N4/c1-17-22(18(2)27(25-17)21-11-7-4-8-12-21)15-26-14-20(13-24)23(16-26)19-9-5-3-6-10-19/h3-12,20,23H,13-16,24H2,1-2H3/t20-,23+/m1/s1. The first-order valence-electron chi connectivity index (χ1n) is 9.75. The van der Waals surface area contributed by atoms with Gasteiger partial charge in [0.2, 0.25) is 0 Å². The van der Waals surface area contributed by atoms with E-state index in [-0.39, 0.29) is 0 Å². The van der Waals surface area contributed by atoms with E-state index < -0.39 is 0 Å². The first kappa shape index (κ1) is 18.0. The third kappa shape index (κ3) is 3.55. The largest absolute Gasteiger partial charge is 0.330 e. The Hall–Kier alpha value is -2.43. The fraction of sp³-hybridized carbons (Fsp3) is 0.348. The van der Waals surface area contributed by atoms with Gasteiger partial charge in [-0.1, -0.05) is 48.5 Å². The Morgan fingerprint density at radius 2 is 1.63 bits per heavy atom. The van der Waals surface area contributed by atoms with Crippen molar-refractivity contribution in [2.75, 3.05) is 19.6 Å². The van der Waals surface area contributed by atoms with Gasteiger partial charge in [-0.05, 0) is 44.0 Å². The summed E-state index contributed by atoms with van der Waals surface area (Å²) in [6.45, 7) is 8.06. The maximum absolute atomic E-state index is 6.11. The quantitative estimate of drug-likeness (QED) is 0.755. The van der Waals surface area contributed by atoms with E-state index in [0.717, 1.165) is 37.6 Å². The van der Waals surface area contributed by atoms with E-state index in [0.29, 0.717) is 11.8 Å². The van der Waals surface area contributed by atoms with Crippen LogP contribution in [0.2, 0.25) is 0 Å². The van der Waals surface area contributed by atoms with Crippen molar-refractivity contribution in [2.45, 2.75) is 26.3 Å². The molecule has 1 aliphatic rings. The molecule has 140 valence electrons. The van der Waals surface area contributed by atoms with Crippen LogP contribution in [0.3, 0.4) is 0 Å². The highest BCUT2D eigenvalue weighted by Gasteiger charge is 2.33. The zero-order valence-corrected chi connectivity index (χ0v) is 16.2. The smallest absolute Gasteiger partial charge is 0.0648 e. The van der Waals surface area contributed by atoms with Gasteiger partial charge in [0, 0.05) is 36.8 Å². The van der Waals surface area contributed by atoms with Crippen LogP contribution in [0.1, 0.15) is 28.4 Å². The first-order valence-corrected chi connectivity index (χ1v) is 9.75. The summed E-state index contributed by atoms with van der Waals surface area (Å²) < 4.78 is 2.07. The lowest BCUT2D eigenvalue weighted by molar-refractivity contribution is 0.315. The topological polar surface area (TPSA) is 47.1 Å². The normalized spacial score (nSPS) is 20.3. The van der Waals surface area contributed by atoms with Gasteiger partial charge >= 0.3 is 0 Å². The zero-order chi connectivity index (χ0) is 18.8. The average molecular weight is 361 g/mol. The van der Waals surface area contributed by atoms with Crippen molar-refractivity contribution in [3.05, 3.63) is 83.2 Å². The van der Waals surface area contributed by atoms with Crippen LogP contribution in [-0.4, -0.2) is 34.3 Å². The van der Waals surface area contributed by atoms with Crippen LogP contribution in [0, 0.1) is 19.8 Å². The molecule has 1 aliphatic heterocycles. The van der Waals surface area contributed by atoms with Gasteiger partial charge in [-0.2, -0.15) is 5.10 Å². The van der Waals surface area contributed by atoms with Crippen molar-refractivity contribution in [1.29, 1.82) is 0 Å². The van der Waals surface area contributed by atoms with Crippen molar-refractivity contribution in [3.8, 4) is 5.69 Å². The van der Waals surface area contributed by atoms with Gasteiger partial charge in [-0.3, -0.25) is 4.90 Å². The zero-order valence-electron chi connectivity index (χ0n) is 16.2. The molecule has 0 aliphatic carbocycles. The molecule has 3 aromatic rings. The van der Waals surface area contributed by atoms with Crippen LogP contribution >= 0.6 is 0 Å². The van der Waals surface area contributed by atoms with Gasteiger partial charge in [0.25, 0.3) is 0 Å². The Kier molecular flexibility index (Phi) is 5.10. The average Bonchev–Trinajstić information content (AvgIpc) is 3.25. The number of para-hydroxylation sites is 1. The van der Waals surface area contributed by atoms with Crippen LogP contribution in [0.25, 0.3) is 5.69 Å². The molecule has 0 bridgehead atoms. The summed E-state index contributed by atoms with van der Waals surface area (Å²) in [5.41, 5.74) is 12.3. The van der Waals surface area contributed by atoms with Crippen LogP contribution in [0.4, 0.5) is 0 Å². The van der Waals surface area contributed by atoms with E-state index in [1.165, 1.54) is 16.8 Å². The van der Waals surface area contributed by atoms with Crippen LogP contribution < -0.4 is 5.73 Å². The van der Waals surface area contributed by atoms with E-state index in [9.17, 15) is 0 Å². The highest BCUT2D eigenvalue weighted by Crippen LogP contribution is 2.33. The van der Waals surface area contributed by atoms with Gasteiger partial charge in [0.1, 0.15) is 0 Å². The molecule has 0 amide bonds. The minimum absolute atomic E-state index is 0.511. The highest BCUT2D eigenvalue weighted by molar-refractivity contribution is 5.37. The molecule has 2 aromatic carbocycles. The van der Waals surface area contributed by atoms with Crippen LogP contribution in [0.5, 0.6) is 0 Å². The molecule has 1 aromatic heterocycles. The van der Waals surface area contributed by atoms with Crippen molar-refractivity contribution < 1.29 is 0 Å². The van der Waals surface area contributed by atoms with Gasteiger partial charge in [-0.25, -0.2) is 4.68 Å². The fourth-order valence-electron chi connectivity index (χ4n) is 4.35. The van der Waals surface area contributed by atoms with Crippen molar-refractivity contribution >= 4 is 0 Å². The predicted octanol–water partition coefficient (Wildman–Crippen LogP) is 3.66. The summed E-state index contributed by atoms with van der Waals surface area (Å²) in [6, 6.07) is 21.2. The molecule has 1 fully saturated rings. The van der Waals surface area contributed by atoms with Gasteiger partial charge in [0.15, 0.2) is 0 Å². The Morgan fingerprint density at radius 3 is 2.30 bits per heavy atom. The van der Waals surface area contributed by atoms with E-state index in [4.69, 9.17) is 10.8 Å². The number of benzene rings is 2. The molecule has 0 radical (unpaired) electrons. The first-order chi connectivity index (χ1) is 13.2. The molecular formula is C23H28N4. The molecule has 0 unspecified atom stereocenters. The molecule has 2 atom stereocenters. The van der Waals surface area contributed by atoms with E-state index in [1.54, 1.807) is 0 Å². The summed E-state index contributed by atoms with van der Waals surface area (Å²) in [5.74, 6) is 1.03. The summed E-state index contributed by atoms with van der Waals surface area (Å²) in [5, 5.41) is 4.80. The molecular weight excluding hydrogens is 332 g/mol. The second kappa shape index (κ2) is 7.67. The molecule has 2 heterocycles. The van der Waals surface area contributed by atoms with Crippen molar-refractivity contribution in [1.82, 2.24) is 14.7 Å². The lowest BCUT2D eigenvalue weighted by Gasteiger charge is -2.17. The number of hydrogen-bond acceptors (Lipinski definition) is 3. The molecule has 4 nitrogen and oxygen atoms in total. The molecule has 1 saturated heterocycles. The van der Waals surface area contributed by atoms with Gasteiger partial charge in [0.05, 0.1) is 11.4 Å². The molecule has 4 heteroatoms. The summed E-state index contributed by atoms with van der Waals surface area (Å²) in [7, 11) is 0. The Morgan fingerprint density at radius 1 is 0.963 bits per heavy atom. The Bertz CT molecular complexity index is 886. The monoisotopic (exact) mass is 360 g/mol. The lowest BCUT2D eigenvalue weighted by atomic mass is 9.89. The predicted molar refractivity (Wildman–Crippen MR) is 110 cm³/mol. The van der Waals surface area contributed by atoms with Crippen LogP contribution in [0.15, 0.2) is 60.7 Å². The Balaban J connectivity index is 1.56. The minimum atomic E-state index is 0.511. The van der Waals surface area contributed by atoms with Crippen molar-refractivity contribution in [3.63, 3.8) is 0 Å². The summed E-state index contributed by atoms with van der Waals surface area (Å²) in [6.07, 6.45) is 0. The van der Waals surface area contributed by atoms with E-state index in [1.807, 2.05) is 6.07 Å². The van der Waals surface area contributed by atoms with Crippen LogP contribution in [-0.2, 0) is 6.54 Å². The summed E-state index contributed by atoms with van der Waals surface area (Å²) >= 11 is 0. The van der Waals surface area contributed by atoms with Crippen molar-refractivity contribution in [2.24, 2.45) is 11.7 Å². The molecule has 0 spiro atoms. The number of likely N-dealkylation sites (tertiary alicyclic amines) is 1. The number of hydrogen-bond donors (Lipinski definition) is 1. The SMILES string of the molecule is Cc1nn(-c2ccccc2)c(C)c1CN1C[C@@H](CN)[C@H](c2ccccc2)C1. The Labute approximate surface area is 161 Å². The summed E-state index contributed by atoms with van der Waals surface area (Å²) in [4.78, 5) is 2.54. The second-order valence-corrected chi connectivity index (χ2v) is 7.60. The van der Waals surface area contributed by atoms with Gasteiger partial charge in [-0.15, -0.1) is 0 Å². The van der Waals surface area contributed by atoms with E-state index >= 15 is 0 Å². The fourth-order valence-corrected chi connectivity index (χ4v) is 4.35. The highest BCUT2D eigenvalue weighted by atomic mass is 15.3. The minimum Gasteiger partial charge on any atom is -0.330 e. The molecule has 0 saturated carbocycles. The molecule has 2 N–H and O–H groups in total. The molecule has 4 rings (SSSR count). The maximum Gasteiger partial charge on any atom is 0.0648 e. The number of aromatic nitrogens is 2. The third-order valence-corrected chi connectivity index (χ3v) is 5.87.